The highest BCUT2D eigenvalue weighted by Gasteiger charge is 2.52. The van der Waals surface area contributed by atoms with Gasteiger partial charge in [-0.05, 0) is 12.5 Å². The third kappa shape index (κ3) is 8.35. The Balaban J connectivity index is 1.62. The maximum Gasteiger partial charge on any atom is 0.333 e. The number of amides is 1. The van der Waals surface area contributed by atoms with Gasteiger partial charge in [-0.2, -0.15) is 0 Å². The van der Waals surface area contributed by atoms with E-state index in [0.717, 1.165) is 11.1 Å². The molecule has 2 heterocycles. The summed E-state index contributed by atoms with van der Waals surface area (Å²) in [5.41, 5.74) is 1.70. The lowest BCUT2D eigenvalue weighted by Crippen LogP contribution is -2.67. The van der Waals surface area contributed by atoms with Gasteiger partial charge in [0.25, 0.3) is 0 Å². The predicted octanol–water partition coefficient (Wildman–Crippen LogP) is 3.93. The highest BCUT2D eigenvalue weighted by molar-refractivity contribution is 7.59. The molecule has 12 heteroatoms. The second kappa shape index (κ2) is 15.0. The van der Waals surface area contributed by atoms with Crippen molar-refractivity contribution in [3.8, 4) is 0 Å². The summed E-state index contributed by atoms with van der Waals surface area (Å²) in [4.78, 5) is 24.4. The first-order valence-corrected chi connectivity index (χ1v) is 15.7. The molecule has 2 fully saturated rings. The summed E-state index contributed by atoms with van der Waals surface area (Å²) >= 11 is 0. The fraction of sp³-hybridized carbons (Fsp3) is 0.467. The average molecular weight is 604 g/mol. The van der Waals surface area contributed by atoms with Crippen LogP contribution in [0.2, 0.25) is 0 Å². The largest absolute Gasteiger partial charge is 0.466 e. The van der Waals surface area contributed by atoms with Crippen LogP contribution in [0.25, 0.3) is 0 Å². The Hall–Kier alpha value is -2.89. The number of hydrogen-bond acceptors (Lipinski definition) is 10. The molecule has 2 aromatic carbocycles. The number of carbonyl (C=O) groups excluding carboxylic acids is 2. The molecule has 4 rings (SSSR count). The van der Waals surface area contributed by atoms with Crippen molar-refractivity contribution in [3.63, 3.8) is 0 Å². The van der Waals surface area contributed by atoms with Gasteiger partial charge >= 0.3 is 5.97 Å². The number of benzene rings is 2. The van der Waals surface area contributed by atoms with Crippen molar-refractivity contribution in [2.45, 2.75) is 57.4 Å². The summed E-state index contributed by atoms with van der Waals surface area (Å²) in [7, 11) is -2.36. The Morgan fingerprint density at radius 2 is 1.74 bits per heavy atom. The van der Waals surface area contributed by atoms with E-state index in [2.05, 4.69) is 11.9 Å². The minimum atomic E-state index is -3.58. The summed E-state index contributed by atoms with van der Waals surface area (Å²) in [6, 6.07) is 18.1. The molecule has 0 aromatic heterocycles. The van der Waals surface area contributed by atoms with Gasteiger partial charge in [0.2, 0.25) is 13.3 Å². The van der Waals surface area contributed by atoms with Gasteiger partial charge in [0.1, 0.15) is 30.7 Å². The Morgan fingerprint density at radius 1 is 1.05 bits per heavy atom. The molecule has 1 amide bonds. The van der Waals surface area contributed by atoms with E-state index in [0.29, 0.717) is 0 Å². The zero-order valence-electron chi connectivity index (χ0n) is 24.0. The van der Waals surface area contributed by atoms with Crippen LogP contribution in [-0.4, -0.2) is 75.4 Å². The van der Waals surface area contributed by atoms with Gasteiger partial charge in [0.05, 0.1) is 33.1 Å². The molecule has 42 heavy (non-hydrogen) atoms. The van der Waals surface area contributed by atoms with E-state index in [-0.39, 0.29) is 43.8 Å². The summed E-state index contributed by atoms with van der Waals surface area (Å²) < 4.78 is 55.3. The van der Waals surface area contributed by atoms with Crippen molar-refractivity contribution in [1.29, 1.82) is 0 Å². The molecule has 0 saturated carbocycles. The summed E-state index contributed by atoms with van der Waals surface area (Å²) in [5, 5.41) is 2.89. The van der Waals surface area contributed by atoms with E-state index >= 15 is 0 Å². The topological polar surface area (TPSA) is 128 Å². The third-order valence-corrected chi connectivity index (χ3v) is 8.91. The summed E-state index contributed by atoms with van der Waals surface area (Å²) in [6.45, 7) is 7.24. The lowest BCUT2D eigenvalue weighted by Gasteiger charge is -2.49. The van der Waals surface area contributed by atoms with E-state index < -0.39 is 50.3 Å². The number of nitrogens with one attached hydrogen (secondary N) is 1. The zero-order chi connectivity index (χ0) is 30.1. The van der Waals surface area contributed by atoms with Gasteiger partial charge < -0.3 is 38.3 Å². The first-order chi connectivity index (χ1) is 20.2. The molecule has 0 spiro atoms. The normalized spacial score (nSPS) is 26.8. The number of ether oxygens (including phenoxy) is 6. The molecule has 0 aliphatic carbocycles. The smallest absolute Gasteiger partial charge is 0.333 e. The first kappa shape index (κ1) is 32.0. The Morgan fingerprint density at radius 3 is 2.38 bits per heavy atom. The molecule has 2 aromatic rings. The van der Waals surface area contributed by atoms with Crippen LogP contribution >= 0.6 is 7.37 Å². The molecular weight excluding hydrogens is 565 g/mol. The highest BCUT2D eigenvalue weighted by Crippen LogP contribution is 2.49. The van der Waals surface area contributed by atoms with E-state index in [1.165, 1.54) is 14.0 Å². The van der Waals surface area contributed by atoms with Crippen LogP contribution in [0.1, 0.15) is 31.3 Å². The summed E-state index contributed by atoms with van der Waals surface area (Å²) in [6.07, 6.45) is -4.57. The Kier molecular flexibility index (Phi) is 11.5. The number of fused-ring (bicyclic) bond motifs is 1. The molecule has 0 radical (unpaired) electrons. The number of esters is 1. The fourth-order valence-corrected chi connectivity index (χ4v) is 6.73. The SMILES string of the molecule is C=C(CP(=O)(CO[C@@H]1[C@@H](NC(C)=O)[C@@H](OCc2ccccc2)O[C@@H]2COC(c3ccccc3)O[C@@H]12)OCC)C(=O)OC. The molecule has 2 unspecified atom stereocenters. The van der Waals surface area contributed by atoms with Gasteiger partial charge in [0.15, 0.2) is 12.6 Å². The minimum Gasteiger partial charge on any atom is -0.466 e. The maximum atomic E-state index is 13.8. The van der Waals surface area contributed by atoms with Gasteiger partial charge in [-0.3, -0.25) is 9.36 Å². The molecule has 228 valence electrons. The molecule has 2 aliphatic heterocycles. The molecule has 2 saturated heterocycles. The standard InChI is InChI=1S/C30H38NO10P/c1-5-39-42(34,18-20(2)28(33)35-4)19-38-27-25(31-21(3)32)30(36-16-22-12-8-6-9-13-22)40-24-17-37-29(41-26(24)27)23-14-10-7-11-15-23/h6-15,24-27,29-30H,2,5,16-19H2,1,3-4H3,(H,31,32)/t24-,25-,26-,27-,29?,30+,42?/m1/s1. The molecule has 0 bridgehead atoms. The van der Waals surface area contributed by atoms with Crippen LogP contribution in [0.4, 0.5) is 0 Å². The number of hydrogen-bond donors (Lipinski definition) is 1. The predicted molar refractivity (Wildman–Crippen MR) is 153 cm³/mol. The Labute approximate surface area is 245 Å². The van der Waals surface area contributed by atoms with E-state index in [4.69, 9.17) is 32.9 Å². The quantitative estimate of drug-likeness (QED) is 0.204. The van der Waals surface area contributed by atoms with Crippen LogP contribution < -0.4 is 5.32 Å². The zero-order valence-corrected chi connectivity index (χ0v) is 24.9. The van der Waals surface area contributed by atoms with Gasteiger partial charge in [-0.15, -0.1) is 0 Å². The lowest BCUT2D eigenvalue weighted by atomic mass is 9.95. The van der Waals surface area contributed by atoms with Gasteiger partial charge in [0, 0.05) is 18.1 Å². The molecule has 1 N–H and O–H groups in total. The summed E-state index contributed by atoms with van der Waals surface area (Å²) in [5.74, 6) is -1.03. The second-order valence-electron chi connectivity index (χ2n) is 9.99. The van der Waals surface area contributed by atoms with Gasteiger partial charge in [-0.1, -0.05) is 67.2 Å². The number of carbonyl (C=O) groups is 2. The first-order valence-electron chi connectivity index (χ1n) is 13.7. The van der Waals surface area contributed by atoms with Crippen LogP contribution in [0.3, 0.4) is 0 Å². The van der Waals surface area contributed by atoms with E-state index in [1.54, 1.807) is 6.92 Å². The molecule has 2 aliphatic rings. The second-order valence-corrected chi connectivity index (χ2v) is 12.5. The maximum absolute atomic E-state index is 13.8. The van der Waals surface area contributed by atoms with Crippen molar-refractivity contribution >= 4 is 19.2 Å². The minimum absolute atomic E-state index is 0.00308. The van der Waals surface area contributed by atoms with Crippen molar-refractivity contribution in [3.05, 3.63) is 83.9 Å². The monoisotopic (exact) mass is 603 g/mol. The van der Waals surface area contributed by atoms with Crippen LogP contribution in [0.15, 0.2) is 72.8 Å². The lowest BCUT2D eigenvalue weighted by molar-refractivity contribution is -0.348. The van der Waals surface area contributed by atoms with E-state index in [1.807, 2.05) is 60.7 Å². The average Bonchev–Trinajstić information content (AvgIpc) is 2.99. The van der Waals surface area contributed by atoms with Crippen LogP contribution in [-0.2, 0) is 53.7 Å². The molecule has 11 nitrogen and oxygen atoms in total. The van der Waals surface area contributed by atoms with Crippen LogP contribution in [0, 0.1) is 0 Å². The van der Waals surface area contributed by atoms with E-state index in [9.17, 15) is 14.2 Å². The Bertz CT molecular complexity index is 1240. The van der Waals surface area contributed by atoms with Crippen molar-refractivity contribution < 1.29 is 47.1 Å². The van der Waals surface area contributed by atoms with Crippen molar-refractivity contribution in [2.24, 2.45) is 0 Å². The van der Waals surface area contributed by atoms with Crippen molar-refractivity contribution in [2.75, 3.05) is 32.8 Å². The molecule has 7 atom stereocenters. The fourth-order valence-electron chi connectivity index (χ4n) is 4.90. The van der Waals surface area contributed by atoms with Gasteiger partial charge in [-0.25, -0.2) is 4.79 Å². The number of rotatable bonds is 13. The van der Waals surface area contributed by atoms with Crippen molar-refractivity contribution in [1.82, 2.24) is 5.32 Å². The molecular formula is C30H38NO10P. The number of methoxy groups -OCH3 is 1. The third-order valence-electron chi connectivity index (χ3n) is 6.77. The highest BCUT2D eigenvalue weighted by atomic mass is 31.2. The van der Waals surface area contributed by atoms with Crippen LogP contribution in [0.5, 0.6) is 0 Å².